The van der Waals surface area contributed by atoms with Gasteiger partial charge in [0.05, 0.1) is 0 Å². The molecule has 2 unspecified atom stereocenters. The minimum absolute atomic E-state index is 0.163. The standard InChI is InChI=1S/C16H32N2O/c1-4-7-13(9-11-17)12-18-15(19)14-8-5-6-10-16(14,2)3/h13-14H,4-12,17H2,1-3H3,(H,18,19). The normalized spacial score (nSPS) is 23.9. The van der Waals surface area contributed by atoms with Gasteiger partial charge in [-0.2, -0.15) is 0 Å². The summed E-state index contributed by atoms with van der Waals surface area (Å²) in [6.45, 7) is 8.18. The molecule has 0 aromatic rings. The summed E-state index contributed by atoms with van der Waals surface area (Å²) in [7, 11) is 0. The Labute approximate surface area is 118 Å². The van der Waals surface area contributed by atoms with E-state index in [0.717, 1.165) is 38.8 Å². The van der Waals surface area contributed by atoms with Gasteiger partial charge in [0, 0.05) is 12.5 Å². The predicted molar refractivity (Wildman–Crippen MR) is 80.8 cm³/mol. The van der Waals surface area contributed by atoms with Crippen LogP contribution >= 0.6 is 0 Å². The van der Waals surface area contributed by atoms with Crippen molar-refractivity contribution in [3.8, 4) is 0 Å². The molecule has 3 heteroatoms. The molecule has 2 atom stereocenters. The SMILES string of the molecule is CCCC(CCN)CNC(=O)C1CCCCC1(C)C. The van der Waals surface area contributed by atoms with Crippen LogP contribution in [-0.2, 0) is 4.79 Å². The van der Waals surface area contributed by atoms with Crippen molar-refractivity contribution < 1.29 is 4.79 Å². The Morgan fingerprint density at radius 2 is 2.11 bits per heavy atom. The van der Waals surface area contributed by atoms with Gasteiger partial charge in [0.2, 0.25) is 5.91 Å². The van der Waals surface area contributed by atoms with Crippen LogP contribution in [0.2, 0.25) is 0 Å². The highest BCUT2D eigenvalue weighted by atomic mass is 16.1. The summed E-state index contributed by atoms with van der Waals surface area (Å²) in [6.07, 6.45) is 8.02. The Bertz CT molecular complexity index is 270. The third-order valence-electron chi connectivity index (χ3n) is 4.66. The lowest BCUT2D eigenvalue weighted by Crippen LogP contribution is -2.42. The Hall–Kier alpha value is -0.570. The number of hydrogen-bond donors (Lipinski definition) is 2. The third kappa shape index (κ3) is 5.13. The Morgan fingerprint density at radius 1 is 1.37 bits per heavy atom. The van der Waals surface area contributed by atoms with Crippen LogP contribution in [-0.4, -0.2) is 19.0 Å². The zero-order chi connectivity index (χ0) is 14.3. The van der Waals surface area contributed by atoms with Crippen LogP contribution in [0.25, 0.3) is 0 Å². The number of hydrogen-bond acceptors (Lipinski definition) is 2. The van der Waals surface area contributed by atoms with E-state index in [1.807, 2.05) is 0 Å². The van der Waals surface area contributed by atoms with E-state index in [9.17, 15) is 4.79 Å². The van der Waals surface area contributed by atoms with Crippen molar-refractivity contribution >= 4 is 5.91 Å². The number of carbonyl (C=O) groups is 1. The van der Waals surface area contributed by atoms with E-state index >= 15 is 0 Å². The van der Waals surface area contributed by atoms with Crippen LogP contribution in [0.1, 0.15) is 65.7 Å². The molecule has 19 heavy (non-hydrogen) atoms. The van der Waals surface area contributed by atoms with Gasteiger partial charge in [-0.1, -0.05) is 40.0 Å². The molecule has 1 saturated carbocycles. The molecule has 0 radical (unpaired) electrons. The minimum Gasteiger partial charge on any atom is -0.356 e. The topological polar surface area (TPSA) is 55.1 Å². The summed E-state index contributed by atoms with van der Waals surface area (Å²) in [6, 6.07) is 0. The molecule has 3 nitrogen and oxygen atoms in total. The number of amides is 1. The smallest absolute Gasteiger partial charge is 0.223 e. The van der Waals surface area contributed by atoms with Gasteiger partial charge in [0.25, 0.3) is 0 Å². The first-order chi connectivity index (χ1) is 9.01. The Balaban J connectivity index is 2.44. The molecule has 0 aromatic carbocycles. The van der Waals surface area contributed by atoms with Crippen LogP contribution in [0, 0.1) is 17.3 Å². The highest BCUT2D eigenvalue weighted by Gasteiger charge is 2.36. The largest absolute Gasteiger partial charge is 0.356 e. The fourth-order valence-corrected chi connectivity index (χ4v) is 3.34. The van der Waals surface area contributed by atoms with Crippen LogP contribution in [0.3, 0.4) is 0 Å². The number of rotatable bonds is 7. The van der Waals surface area contributed by atoms with E-state index in [0.29, 0.717) is 5.92 Å². The van der Waals surface area contributed by atoms with Gasteiger partial charge < -0.3 is 11.1 Å². The fraction of sp³-hybridized carbons (Fsp3) is 0.938. The molecule has 0 aliphatic heterocycles. The Morgan fingerprint density at radius 3 is 2.68 bits per heavy atom. The molecule has 1 rings (SSSR count). The van der Waals surface area contributed by atoms with Gasteiger partial charge in [0.15, 0.2) is 0 Å². The van der Waals surface area contributed by atoms with Gasteiger partial charge in [-0.05, 0) is 43.6 Å². The molecule has 0 spiro atoms. The molecule has 1 aliphatic carbocycles. The number of nitrogens with one attached hydrogen (secondary N) is 1. The second-order valence-electron chi connectivity index (χ2n) is 6.76. The molecule has 0 aromatic heterocycles. The van der Waals surface area contributed by atoms with E-state index in [2.05, 4.69) is 26.1 Å². The minimum atomic E-state index is 0.163. The second-order valence-corrected chi connectivity index (χ2v) is 6.76. The fourth-order valence-electron chi connectivity index (χ4n) is 3.34. The molecular formula is C16H32N2O. The zero-order valence-electron chi connectivity index (χ0n) is 13.0. The monoisotopic (exact) mass is 268 g/mol. The lowest BCUT2D eigenvalue weighted by atomic mass is 9.68. The maximum atomic E-state index is 12.4. The van der Waals surface area contributed by atoms with Crippen LogP contribution < -0.4 is 11.1 Å². The first kappa shape index (κ1) is 16.5. The molecule has 0 heterocycles. The van der Waals surface area contributed by atoms with E-state index in [1.165, 1.54) is 19.3 Å². The van der Waals surface area contributed by atoms with E-state index < -0.39 is 0 Å². The van der Waals surface area contributed by atoms with E-state index in [4.69, 9.17) is 5.73 Å². The molecule has 3 N–H and O–H groups in total. The third-order valence-corrected chi connectivity index (χ3v) is 4.66. The van der Waals surface area contributed by atoms with Crippen molar-refractivity contribution in [2.24, 2.45) is 23.0 Å². The molecule has 1 aliphatic rings. The van der Waals surface area contributed by atoms with Crippen molar-refractivity contribution in [2.45, 2.75) is 65.7 Å². The maximum Gasteiger partial charge on any atom is 0.223 e. The summed E-state index contributed by atoms with van der Waals surface area (Å²) in [5, 5.41) is 3.18. The molecule has 1 fully saturated rings. The van der Waals surface area contributed by atoms with E-state index in [-0.39, 0.29) is 17.2 Å². The molecular weight excluding hydrogens is 236 g/mol. The van der Waals surface area contributed by atoms with Gasteiger partial charge in [-0.3, -0.25) is 4.79 Å². The molecule has 112 valence electrons. The van der Waals surface area contributed by atoms with Crippen molar-refractivity contribution in [1.82, 2.24) is 5.32 Å². The van der Waals surface area contributed by atoms with E-state index in [1.54, 1.807) is 0 Å². The molecule has 1 amide bonds. The summed E-state index contributed by atoms with van der Waals surface area (Å²) in [4.78, 5) is 12.4. The number of nitrogens with two attached hydrogens (primary N) is 1. The maximum absolute atomic E-state index is 12.4. The summed E-state index contributed by atoms with van der Waals surface area (Å²) < 4.78 is 0. The van der Waals surface area contributed by atoms with Gasteiger partial charge in [0.1, 0.15) is 0 Å². The Kier molecular flexibility index (Phi) is 6.84. The quantitative estimate of drug-likeness (QED) is 0.745. The highest BCUT2D eigenvalue weighted by Crippen LogP contribution is 2.40. The summed E-state index contributed by atoms with van der Waals surface area (Å²) >= 11 is 0. The summed E-state index contributed by atoms with van der Waals surface area (Å²) in [5.41, 5.74) is 5.80. The lowest BCUT2D eigenvalue weighted by molar-refractivity contribution is -0.130. The number of carbonyl (C=O) groups excluding carboxylic acids is 1. The van der Waals surface area contributed by atoms with Crippen LogP contribution in [0.15, 0.2) is 0 Å². The molecule has 0 bridgehead atoms. The first-order valence-electron chi connectivity index (χ1n) is 7.99. The van der Waals surface area contributed by atoms with Crippen molar-refractivity contribution in [3.63, 3.8) is 0 Å². The van der Waals surface area contributed by atoms with Crippen LogP contribution in [0.4, 0.5) is 0 Å². The van der Waals surface area contributed by atoms with Crippen molar-refractivity contribution in [2.75, 3.05) is 13.1 Å². The van der Waals surface area contributed by atoms with Crippen molar-refractivity contribution in [3.05, 3.63) is 0 Å². The van der Waals surface area contributed by atoms with Crippen molar-refractivity contribution in [1.29, 1.82) is 0 Å². The van der Waals surface area contributed by atoms with Gasteiger partial charge >= 0.3 is 0 Å². The lowest BCUT2D eigenvalue weighted by Gasteiger charge is -2.37. The van der Waals surface area contributed by atoms with Gasteiger partial charge in [-0.25, -0.2) is 0 Å². The van der Waals surface area contributed by atoms with Gasteiger partial charge in [-0.15, -0.1) is 0 Å². The highest BCUT2D eigenvalue weighted by molar-refractivity contribution is 5.79. The van der Waals surface area contributed by atoms with Crippen LogP contribution in [0.5, 0.6) is 0 Å². The average molecular weight is 268 g/mol. The summed E-state index contributed by atoms with van der Waals surface area (Å²) in [5.74, 6) is 1.01. The first-order valence-corrected chi connectivity index (χ1v) is 7.99. The molecule has 0 saturated heterocycles. The predicted octanol–water partition coefficient (Wildman–Crippen LogP) is 3.08. The second kappa shape index (κ2) is 7.88. The average Bonchev–Trinajstić information content (AvgIpc) is 2.35. The zero-order valence-corrected chi connectivity index (χ0v) is 13.0.